The van der Waals surface area contributed by atoms with Gasteiger partial charge in [-0.05, 0) is 17.9 Å². The van der Waals surface area contributed by atoms with E-state index in [2.05, 4.69) is 17.2 Å². The molecule has 120 valence electrons. The monoisotopic (exact) mass is 350 g/mol. The van der Waals surface area contributed by atoms with Crippen LogP contribution >= 0.6 is 23.4 Å². The fourth-order valence-corrected chi connectivity index (χ4v) is 2.89. The molecule has 0 atom stereocenters. The smallest absolute Gasteiger partial charge is 0.257 e. The van der Waals surface area contributed by atoms with Gasteiger partial charge in [-0.2, -0.15) is 0 Å². The first-order valence-electron chi connectivity index (χ1n) is 7.16. The number of halogens is 1. The first-order valence-corrected chi connectivity index (χ1v) is 8.53. The van der Waals surface area contributed by atoms with Crippen LogP contribution in [0.4, 0.5) is 5.69 Å². The van der Waals surface area contributed by atoms with Crippen LogP contribution in [-0.2, 0) is 0 Å². The Balaban J connectivity index is 1.77. The third-order valence-corrected chi connectivity index (χ3v) is 4.31. The Morgan fingerprint density at radius 3 is 2.70 bits per heavy atom. The van der Waals surface area contributed by atoms with Crippen molar-refractivity contribution in [3.8, 4) is 11.5 Å². The van der Waals surface area contributed by atoms with Gasteiger partial charge in [-0.1, -0.05) is 18.5 Å². The number of benzene rings is 1. The van der Waals surface area contributed by atoms with Crippen LogP contribution in [0, 0.1) is 0 Å². The van der Waals surface area contributed by atoms with E-state index in [1.54, 1.807) is 36.2 Å². The number of hydrogen-bond donors (Lipinski definition) is 1. The summed E-state index contributed by atoms with van der Waals surface area (Å²) < 4.78 is 10.9. The van der Waals surface area contributed by atoms with Gasteiger partial charge in [0.2, 0.25) is 0 Å². The first kappa shape index (κ1) is 16.0. The Labute approximate surface area is 143 Å². The van der Waals surface area contributed by atoms with Gasteiger partial charge in [-0.3, -0.25) is 4.79 Å². The van der Waals surface area contributed by atoms with E-state index in [9.17, 15) is 4.79 Å². The van der Waals surface area contributed by atoms with E-state index in [0.29, 0.717) is 41.0 Å². The maximum atomic E-state index is 12.3. The minimum absolute atomic E-state index is 0.274. The van der Waals surface area contributed by atoms with Gasteiger partial charge < -0.3 is 14.8 Å². The van der Waals surface area contributed by atoms with Crippen LogP contribution in [0.5, 0.6) is 11.5 Å². The van der Waals surface area contributed by atoms with Crippen molar-refractivity contribution < 1.29 is 14.3 Å². The van der Waals surface area contributed by atoms with Gasteiger partial charge in [-0.15, -0.1) is 11.8 Å². The van der Waals surface area contributed by atoms with Crippen LogP contribution in [0.3, 0.4) is 0 Å². The molecule has 1 aromatic heterocycles. The number of fused-ring (bicyclic) bond motifs is 1. The second-order valence-electron chi connectivity index (χ2n) is 4.75. The maximum absolute atomic E-state index is 12.3. The molecule has 2 heterocycles. The average Bonchev–Trinajstić information content (AvgIpc) is 2.56. The molecule has 0 fully saturated rings. The highest BCUT2D eigenvalue weighted by Crippen LogP contribution is 2.38. The van der Waals surface area contributed by atoms with Crippen molar-refractivity contribution in [3.63, 3.8) is 0 Å². The van der Waals surface area contributed by atoms with Crippen molar-refractivity contribution in [2.24, 2.45) is 0 Å². The zero-order chi connectivity index (χ0) is 16.2. The standard InChI is InChI=1S/C16H15ClN2O3S/c1-2-23-15-4-3-10(9-18-15)16(20)19-12-8-14-13(7-11(12)17)21-5-6-22-14/h3-4,7-9H,2,5-6H2,1H3,(H,19,20). The largest absolute Gasteiger partial charge is 0.486 e. The molecule has 1 N–H and O–H groups in total. The fourth-order valence-electron chi connectivity index (χ4n) is 2.10. The SMILES string of the molecule is CCSc1ccc(C(=O)Nc2cc3c(cc2Cl)OCCO3)cn1. The Morgan fingerprint density at radius 1 is 1.30 bits per heavy atom. The Bertz CT molecular complexity index is 722. The Kier molecular flexibility index (Phi) is 4.93. The molecule has 1 aliphatic rings. The lowest BCUT2D eigenvalue weighted by Gasteiger charge is -2.20. The number of carbonyl (C=O) groups excluding carboxylic acids is 1. The average molecular weight is 351 g/mol. The number of thioether (sulfide) groups is 1. The van der Waals surface area contributed by atoms with Crippen molar-refractivity contribution in [2.45, 2.75) is 11.9 Å². The second-order valence-corrected chi connectivity index (χ2v) is 6.44. The lowest BCUT2D eigenvalue weighted by atomic mass is 10.2. The molecule has 3 rings (SSSR count). The molecule has 2 aromatic rings. The summed E-state index contributed by atoms with van der Waals surface area (Å²) in [6.07, 6.45) is 1.55. The summed E-state index contributed by atoms with van der Waals surface area (Å²) in [5.74, 6) is 1.82. The third-order valence-electron chi connectivity index (χ3n) is 3.17. The third kappa shape index (κ3) is 3.71. The molecule has 1 aromatic carbocycles. The van der Waals surface area contributed by atoms with Crippen LogP contribution in [0.2, 0.25) is 5.02 Å². The van der Waals surface area contributed by atoms with Crippen molar-refractivity contribution in [1.29, 1.82) is 0 Å². The van der Waals surface area contributed by atoms with Gasteiger partial charge in [-0.25, -0.2) is 4.98 Å². The molecule has 0 aliphatic carbocycles. The van der Waals surface area contributed by atoms with Crippen molar-refractivity contribution in [1.82, 2.24) is 4.98 Å². The highest BCUT2D eigenvalue weighted by atomic mass is 35.5. The minimum Gasteiger partial charge on any atom is -0.486 e. The summed E-state index contributed by atoms with van der Waals surface area (Å²) >= 11 is 7.81. The van der Waals surface area contributed by atoms with Crippen LogP contribution in [0.25, 0.3) is 0 Å². The highest BCUT2D eigenvalue weighted by molar-refractivity contribution is 7.99. The highest BCUT2D eigenvalue weighted by Gasteiger charge is 2.17. The predicted octanol–water partition coefficient (Wildman–Crippen LogP) is 3.87. The Morgan fingerprint density at radius 2 is 2.04 bits per heavy atom. The Hall–Kier alpha value is -1.92. The molecule has 0 radical (unpaired) electrons. The summed E-state index contributed by atoms with van der Waals surface area (Å²) in [7, 11) is 0. The molecule has 0 saturated heterocycles. The zero-order valence-electron chi connectivity index (χ0n) is 12.5. The van der Waals surface area contributed by atoms with Crippen LogP contribution in [-0.4, -0.2) is 29.9 Å². The summed E-state index contributed by atoms with van der Waals surface area (Å²) in [6, 6.07) is 6.88. The van der Waals surface area contributed by atoms with E-state index in [1.807, 2.05) is 6.07 Å². The van der Waals surface area contributed by atoms with Gasteiger partial charge in [0.05, 0.1) is 21.3 Å². The number of anilines is 1. The number of pyridine rings is 1. The number of carbonyl (C=O) groups is 1. The van der Waals surface area contributed by atoms with Crippen molar-refractivity contribution >= 4 is 35.0 Å². The summed E-state index contributed by atoms with van der Waals surface area (Å²) in [5, 5.41) is 4.06. The number of ether oxygens (including phenoxy) is 2. The second kappa shape index (κ2) is 7.10. The summed E-state index contributed by atoms with van der Waals surface area (Å²) in [5.41, 5.74) is 0.948. The van der Waals surface area contributed by atoms with Gasteiger partial charge in [0, 0.05) is 18.3 Å². The molecule has 5 nitrogen and oxygen atoms in total. The van der Waals surface area contributed by atoms with Crippen LogP contribution < -0.4 is 14.8 Å². The van der Waals surface area contributed by atoms with E-state index in [-0.39, 0.29) is 5.91 Å². The summed E-state index contributed by atoms with van der Waals surface area (Å²) in [4.78, 5) is 16.6. The molecular weight excluding hydrogens is 336 g/mol. The molecule has 7 heteroatoms. The van der Waals surface area contributed by atoms with E-state index in [1.165, 1.54) is 0 Å². The van der Waals surface area contributed by atoms with E-state index >= 15 is 0 Å². The lowest BCUT2D eigenvalue weighted by molar-refractivity contribution is 0.102. The number of amides is 1. The summed E-state index contributed by atoms with van der Waals surface area (Å²) in [6.45, 7) is 3.02. The van der Waals surface area contributed by atoms with Gasteiger partial charge in [0.1, 0.15) is 13.2 Å². The van der Waals surface area contributed by atoms with Crippen molar-refractivity contribution in [3.05, 3.63) is 41.0 Å². The lowest BCUT2D eigenvalue weighted by Crippen LogP contribution is -2.17. The first-order chi connectivity index (χ1) is 11.2. The normalized spacial score (nSPS) is 12.8. The molecule has 0 spiro atoms. The van der Waals surface area contributed by atoms with E-state index in [0.717, 1.165) is 10.8 Å². The number of nitrogens with zero attached hydrogens (tertiary/aromatic N) is 1. The van der Waals surface area contributed by atoms with Gasteiger partial charge >= 0.3 is 0 Å². The molecular formula is C16H15ClN2O3S. The topological polar surface area (TPSA) is 60.5 Å². The predicted molar refractivity (Wildman–Crippen MR) is 91.0 cm³/mol. The molecule has 0 bridgehead atoms. The van der Waals surface area contributed by atoms with Crippen LogP contribution in [0.15, 0.2) is 35.5 Å². The number of nitrogens with one attached hydrogen (secondary N) is 1. The quantitative estimate of drug-likeness (QED) is 0.848. The molecule has 0 saturated carbocycles. The number of hydrogen-bond acceptors (Lipinski definition) is 5. The van der Waals surface area contributed by atoms with E-state index < -0.39 is 0 Å². The zero-order valence-corrected chi connectivity index (χ0v) is 14.0. The fraction of sp³-hybridized carbons (Fsp3) is 0.250. The maximum Gasteiger partial charge on any atom is 0.257 e. The van der Waals surface area contributed by atoms with Crippen molar-refractivity contribution in [2.75, 3.05) is 24.3 Å². The van der Waals surface area contributed by atoms with Gasteiger partial charge in [0.15, 0.2) is 11.5 Å². The number of aromatic nitrogens is 1. The number of rotatable bonds is 4. The van der Waals surface area contributed by atoms with Crippen LogP contribution in [0.1, 0.15) is 17.3 Å². The molecule has 0 unspecified atom stereocenters. The van der Waals surface area contributed by atoms with Gasteiger partial charge in [0.25, 0.3) is 5.91 Å². The minimum atomic E-state index is -0.274. The van der Waals surface area contributed by atoms with E-state index in [4.69, 9.17) is 21.1 Å². The molecule has 23 heavy (non-hydrogen) atoms. The molecule has 1 amide bonds. The molecule has 1 aliphatic heterocycles.